The van der Waals surface area contributed by atoms with Crippen LogP contribution < -0.4 is 0 Å². The summed E-state index contributed by atoms with van der Waals surface area (Å²) < 4.78 is 6.77. The topological polar surface area (TPSA) is 29.5 Å². The Morgan fingerprint density at radius 3 is 3.00 bits per heavy atom. The molecule has 1 saturated heterocycles. The molecule has 108 valence electrons. The lowest BCUT2D eigenvalue weighted by Crippen LogP contribution is -2.54. The summed E-state index contributed by atoms with van der Waals surface area (Å²) in [6.07, 6.45) is 4.81. The lowest BCUT2D eigenvalue weighted by molar-refractivity contribution is -0.0753. The summed E-state index contributed by atoms with van der Waals surface area (Å²) in [5.41, 5.74) is 1.88. The number of carbonyl (C=O) groups is 1. The van der Waals surface area contributed by atoms with Gasteiger partial charge in [0, 0.05) is 11.0 Å². The van der Waals surface area contributed by atoms with Gasteiger partial charge in [-0.1, -0.05) is 25.0 Å². The molecular formula is C16H20BrNO2. The smallest absolute Gasteiger partial charge is 0.255 e. The van der Waals surface area contributed by atoms with E-state index in [4.69, 9.17) is 4.74 Å². The number of benzene rings is 1. The van der Waals surface area contributed by atoms with Gasteiger partial charge in [-0.05, 0) is 47.3 Å². The SMILES string of the molecule is Cc1cccc(C(=O)N2CCOC3CCCCC32)c1Br. The van der Waals surface area contributed by atoms with E-state index in [1.54, 1.807) is 0 Å². The van der Waals surface area contributed by atoms with Crippen LogP contribution in [0.15, 0.2) is 22.7 Å². The molecule has 0 bridgehead atoms. The Morgan fingerprint density at radius 2 is 2.15 bits per heavy atom. The van der Waals surface area contributed by atoms with Gasteiger partial charge in [0.25, 0.3) is 5.91 Å². The van der Waals surface area contributed by atoms with E-state index in [1.165, 1.54) is 12.8 Å². The first-order valence-corrected chi connectivity index (χ1v) is 8.15. The first kappa shape index (κ1) is 14.1. The molecule has 2 unspecified atom stereocenters. The molecule has 1 heterocycles. The normalized spacial score (nSPS) is 26.2. The fourth-order valence-corrected chi connectivity index (χ4v) is 3.75. The quantitative estimate of drug-likeness (QED) is 0.784. The Morgan fingerprint density at radius 1 is 1.35 bits per heavy atom. The molecular weight excluding hydrogens is 318 g/mol. The third-order valence-electron chi connectivity index (χ3n) is 4.42. The first-order valence-electron chi connectivity index (χ1n) is 7.36. The summed E-state index contributed by atoms with van der Waals surface area (Å²) in [6, 6.07) is 6.14. The summed E-state index contributed by atoms with van der Waals surface area (Å²) in [4.78, 5) is 14.9. The number of hydrogen-bond acceptors (Lipinski definition) is 2. The molecule has 4 heteroatoms. The van der Waals surface area contributed by atoms with E-state index in [0.717, 1.165) is 28.4 Å². The van der Waals surface area contributed by atoms with E-state index in [0.29, 0.717) is 13.2 Å². The molecule has 1 aliphatic carbocycles. The maximum absolute atomic E-state index is 12.9. The maximum atomic E-state index is 12.9. The van der Waals surface area contributed by atoms with Crippen molar-refractivity contribution < 1.29 is 9.53 Å². The van der Waals surface area contributed by atoms with Gasteiger partial charge in [0.15, 0.2) is 0 Å². The molecule has 1 amide bonds. The van der Waals surface area contributed by atoms with Crippen LogP contribution in [0.1, 0.15) is 41.6 Å². The molecule has 2 atom stereocenters. The molecule has 0 spiro atoms. The van der Waals surface area contributed by atoms with Crippen LogP contribution >= 0.6 is 15.9 Å². The number of carbonyl (C=O) groups excluding carboxylic acids is 1. The highest BCUT2D eigenvalue weighted by Gasteiger charge is 2.37. The number of ether oxygens (including phenoxy) is 1. The van der Waals surface area contributed by atoms with Crippen molar-refractivity contribution in [2.24, 2.45) is 0 Å². The number of amides is 1. The van der Waals surface area contributed by atoms with Crippen molar-refractivity contribution in [3.8, 4) is 0 Å². The van der Waals surface area contributed by atoms with Crippen molar-refractivity contribution in [3.05, 3.63) is 33.8 Å². The van der Waals surface area contributed by atoms with E-state index in [2.05, 4.69) is 15.9 Å². The molecule has 1 aromatic rings. The summed E-state index contributed by atoms with van der Waals surface area (Å²) in [5.74, 6) is 0.140. The van der Waals surface area contributed by atoms with Crippen LogP contribution in [-0.2, 0) is 4.74 Å². The molecule has 3 nitrogen and oxygen atoms in total. The zero-order valence-electron chi connectivity index (χ0n) is 11.8. The van der Waals surface area contributed by atoms with Gasteiger partial charge in [-0.25, -0.2) is 0 Å². The number of nitrogens with zero attached hydrogens (tertiary/aromatic N) is 1. The second-order valence-electron chi connectivity index (χ2n) is 5.70. The fraction of sp³-hybridized carbons (Fsp3) is 0.562. The minimum absolute atomic E-state index is 0.140. The van der Waals surface area contributed by atoms with Crippen molar-refractivity contribution in [2.75, 3.05) is 13.2 Å². The minimum atomic E-state index is 0.140. The van der Waals surface area contributed by atoms with Crippen LogP contribution in [0.3, 0.4) is 0 Å². The lowest BCUT2D eigenvalue weighted by Gasteiger charge is -2.44. The molecule has 0 radical (unpaired) electrons. The second-order valence-corrected chi connectivity index (χ2v) is 6.49. The predicted octanol–water partition coefficient (Wildman–Crippen LogP) is 3.54. The van der Waals surface area contributed by atoms with Gasteiger partial charge in [0.05, 0.1) is 24.3 Å². The van der Waals surface area contributed by atoms with E-state index in [1.807, 2.05) is 30.0 Å². The number of halogens is 1. The predicted molar refractivity (Wildman–Crippen MR) is 81.9 cm³/mol. The molecule has 20 heavy (non-hydrogen) atoms. The van der Waals surface area contributed by atoms with Gasteiger partial charge in [0.1, 0.15) is 0 Å². The van der Waals surface area contributed by atoms with E-state index in [9.17, 15) is 4.79 Å². The third kappa shape index (κ3) is 2.51. The van der Waals surface area contributed by atoms with E-state index in [-0.39, 0.29) is 18.1 Å². The number of aryl methyl sites for hydroxylation is 1. The zero-order chi connectivity index (χ0) is 14.1. The molecule has 2 aliphatic rings. The van der Waals surface area contributed by atoms with Crippen LogP contribution in [-0.4, -0.2) is 36.1 Å². The van der Waals surface area contributed by atoms with Crippen LogP contribution in [0.4, 0.5) is 0 Å². The largest absolute Gasteiger partial charge is 0.374 e. The monoisotopic (exact) mass is 337 g/mol. The van der Waals surface area contributed by atoms with Gasteiger partial charge in [-0.15, -0.1) is 0 Å². The standard InChI is InChI=1S/C16H20BrNO2/c1-11-5-4-6-12(15(11)17)16(19)18-9-10-20-14-8-3-2-7-13(14)18/h4-6,13-14H,2-3,7-10H2,1H3. The van der Waals surface area contributed by atoms with Crippen LogP contribution in [0.25, 0.3) is 0 Å². The van der Waals surface area contributed by atoms with Crippen molar-refractivity contribution >= 4 is 21.8 Å². The Hall–Kier alpha value is -0.870. The van der Waals surface area contributed by atoms with Gasteiger partial charge >= 0.3 is 0 Å². The van der Waals surface area contributed by atoms with E-state index < -0.39 is 0 Å². The van der Waals surface area contributed by atoms with Crippen molar-refractivity contribution in [2.45, 2.75) is 44.8 Å². The molecule has 1 aromatic carbocycles. The van der Waals surface area contributed by atoms with Gasteiger partial charge in [0.2, 0.25) is 0 Å². The highest BCUT2D eigenvalue weighted by Crippen LogP contribution is 2.31. The number of fused-ring (bicyclic) bond motifs is 1. The van der Waals surface area contributed by atoms with Crippen LogP contribution in [0.5, 0.6) is 0 Å². The third-order valence-corrected chi connectivity index (χ3v) is 5.47. The average molecular weight is 338 g/mol. The van der Waals surface area contributed by atoms with Crippen molar-refractivity contribution in [1.29, 1.82) is 0 Å². The van der Waals surface area contributed by atoms with Crippen molar-refractivity contribution in [1.82, 2.24) is 4.90 Å². The van der Waals surface area contributed by atoms with Gasteiger partial charge in [-0.3, -0.25) is 4.79 Å². The lowest BCUT2D eigenvalue weighted by atomic mass is 9.89. The summed E-state index contributed by atoms with van der Waals surface area (Å²) in [7, 11) is 0. The van der Waals surface area contributed by atoms with Gasteiger partial charge in [-0.2, -0.15) is 0 Å². The van der Waals surface area contributed by atoms with E-state index >= 15 is 0 Å². The Bertz CT molecular complexity index is 515. The summed E-state index contributed by atoms with van der Waals surface area (Å²) in [6.45, 7) is 3.39. The number of hydrogen-bond donors (Lipinski definition) is 0. The fourth-order valence-electron chi connectivity index (χ4n) is 3.32. The molecule has 1 saturated carbocycles. The Kier molecular flexibility index (Phi) is 4.13. The Labute approximate surface area is 128 Å². The number of rotatable bonds is 1. The van der Waals surface area contributed by atoms with Gasteiger partial charge < -0.3 is 9.64 Å². The second kappa shape index (κ2) is 5.86. The van der Waals surface area contributed by atoms with Crippen molar-refractivity contribution in [3.63, 3.8) is 0 Å². The first-order chi connectivity index (χ1) is 9.68. The Balaban J connectivity index is 1.87. The average Bonchev–Trinajstić information content (AvgIpc) is 2.49. The molecule has 0 N–H and O–H groups in total. The molecule has 1 aliphatic heterocycles. The zero-order valence-corrected chi connectivity index (χ0v) is 13.4. The molecule has 0 aromatic heterocycles. The summed E-state index contributed by atoms with van der Waals surface area (Å²) in [5, 5.41) is 0. The minimum Gasteiger partial charge on any atom is -0.374 e. The molecule has 2 fully saturated rings. The van der Waals surface area contributed by atoms with Crippen LogP contribution in [0.2, 0.25) is 0 Å². The highest BCUT2D eigenvalue weighted by molar-refractivity contribution is 9.10. The highest BCUT2D eigenvalue weighted by atomic mass is 79.9. The summed E-state index contributed by atoms with van der Waals surface area (Å²) >= 11 is 3.56. The maximum Gasteiger partial charge on any atom is 0.255 e. The number of morpholine rings is 1. The molecule has 3 rings (SSSR count). The van der Waals surface area contributed by atoms with Crippen LogP contribution in [0, 0.1) is 6.92 Å².